The molecular formula is C45H53N5O9S. The van der Waals surface area contributed by atoms with Gasteiger partial charge in [0.1, 0.15) is 23.3 Å². The predicted molar refractivity (Wildman–Crippen MR) is 235 cm³/mol. The average Bonchev–Trinajstić information content (AvgIpc) is 3.19. The Bertz CT molecular complexity index is 2470. The number of pyridine rings is 1. The highest BCUT2D eigenvalue weighted by Crippen LogP contribution is 2.40. The van der Waals surface area contributed by atoms with E-state index in [0.29, 0.717) is 60.6 Å². The van der Waals surface area contributed by atoms with Gasteiger partial charge >= 0.3 is 12.0 Å². The molecule has 60 heavy (non-hydrogen) atoms. The molecule has 1 heterocycles. The Kier molecular flexibility index (Phi) is 14.7. The highest BCUT2D eigenvalue weighted by Gasteiger charge is 2.23. The number of ether oxygens (including phenoxy) is 3. The first-order valence-corrected chi connectivity index (χ1v) is 21.5. The molecule has 0 fully saturated rings. The summed E-state index contributed by atoms with van der Waals surface area (Å²) in [7, 11) is -0.714. The largest absolute Gasteiger partial charge is 0.496 e. The molecule has 0 aliphatic carbocycles. The molecule has 0 aliphatic rings. The fourth-order valence-corrected chi connectivity index (χ4v) is 7.24. The number of hydrogen-bond acceptors (Lipinski definition) is 10. The zero-order valence-corrected chi connectivity index (χ0v) is 35.6. The van der Waals surface area contributed by atoms with Crippen molar-refractivity contribution in [2.75, 3.05) is 35.8 Å². The lowest BCUT2D eigenvalue weighted by Crippen LogP contribution is -2.29. The molecule has 5 aromatic rings. The second-order valence-electron chi connectivity index (χ2n) is 15.6. The van der Waals surface area contributed by atoms with Crippen molar-refractivity contribution in [2.45, 2.75) is 77.2 Å². The maximum atomic E-state index is 13.5. The summed E-state index contributed by atoms with van der Waals surface area (Å²) in [6, 6.07) is 22.1. The standard InChI is InChI=1S/C45H53N5O9S/c1-45(2,3)29-25-37(42(58-5)38(26-29)50-60(6,55)56)49-44(54)48-36-19-20-40(33-14-12-11-13-32(33)36)59-31-21-22-47-30(27-31)23-28-17-18-34(41(24-28)57-4)39(51)16-10-8-7-9-15-35(46)43(52)53/h11-14,17-22,24-27,35,50H,7-10,15-16,23,46H2,1-6H3,(H,52,53)(H2,48,49,54)/t35-/m0/s1. The van der Waals surface area contributed by atoms with Gasteiger partial charge in [-0.15, -0.1) is 0 Å². The average molecular weight is 840 g/mol. The van der Waals surface area contributed by atoms with Crippen molar-refractivity contribution in [3.05, 3.63) is 107 Å². The summed E-state index contributed by atoms with van der Waals surface area (Å²) in [5.74, 6) is 0.734. The Hall–Kier alpha value is -6.19. The number of aliphatic carboxylic acids is 1. The second-order valence-corrected chi connectivity index (χ2v) is 17.3. The number of amides is 2. The topological polar surface area (TPSA) is 208 Å². The van der Waals surface area contributed by atoms with Crippen LogP contribution in [-0.2, 0) is 26.7 Å². The van der Waals surface area contributed by atoms with Gasteiger partial charge in [-0.3, -0.25) is 19.3 Å². The Labute approximate surface area is 350 Å². The van der Waals surface area contributed by atoms with Crippen LogP contribution in [0.4, 0.5) is 21.9 Å². The number of methoxy groups -OCH3 is 2. The smallest absolute Gasteiger partial charge is 0.323 e. The van der Waals surface area contributed by atoms with Gasteiger partial charge in [-0.25, -0.2) is 13.2 Å². The summed E-state index contributed by atoms with van der Waals surface area (Å²) in [5, 5.41) is 16.1. The number of carbonyl (C=O) groups excluding carboxylic acids is 2. The van der Waals surface area contributed by atoms with Gasteiger partial charge in [0.25, 0.3) is 0 Å². The number of nitrogens with two attached hydrogens (primary N) is 1. The summed E-state index contributed by atoms with van der Waals surface area (Å²) in [5.41, 5.74) is 9.11. The first kappa shape index (κ1) is 44.9. The first-order valence-electron chi connectivity index (χ1n) is 19.6. The Morgan fingerprint density at radius 1 is 0.817 bits per heavy atom. The van der Waals surface area contributed by atoms with Gasteiger partial charge in [0.2, 0.25) is 10.0 Å². The van der Waals surface area contributed by atoms with Crippen LogP contribution in [-0.4, -0.2) is 62.8 Å². The van der Waals surface area contributed by atoms with Crippen molar-refractivity contribution in [1.29, 1.82) is 0 Å². The van der Waals surface area contributed by atoms with Crippen LogP contribution in [0.3, 0.4) is 0 Å². The summed E-state index contributed by atoms with van der Waals surface area (Å²) in [4.78, 5) is 42.0. The molecule has 0 saturated heterocycles. The van der Waals surface area contributed by atoms with E-state index in [9.17, 15) is 22.8 Å². The minimum Gasteiger partial charge on any atom is -0.496 e. The molecule has 1 aromatic heterocycles. The number of benzene rings is 4. The van der Waals surface area contributed by atoms with E-state index in [2.05, 4.69) is 20.3 Å². The third kappa shape index (κ3) is 12.2. The van der Waals surface area contributed by atoms with E-state index >= 15 is 0 Å². The number of carboxylic acids is 1. The van der Waals surface area contributed by atoms with E-state index in [1.54, 1.807) is 42.6 Å². The number of hydrogen-bond donors (Lipinski definition) is 5. The zero-order chi connectivity index (χ0) is 43.6. The summed E-state index contributed by atoms with van der Waals surface area (Å²) >= 11 is 0. The van der Waals surface area contributed by atoms with Gasteiger partial charge in [0.05, 0.1) is 43.1 Å². The van der Waals surface area contributed by atoms with Crippen molar-refractivity contribution < 1.29 is 42.1 Å². The van der Waals surface area contributed by atoms with Crippen molar-refractivity contribution in [3.8, 4) is 23.0 Å². The summed E-state index contributed by atoms with van der Waals surface area (Å²) < 4.78 is 44.4. The number of unbranched alkanes of at least 4 members (excludes halogenated alkanes) is 3. The van der Waals surface area contributed by atoms with Gasteiger partial charge in [0.15, 0.2) is 11.5 Å². The number of anilines is 3. The molecule has 2 amide bonds. The molecule has 4 aromatic carbocycles. The van der Waals surface area contributed by atoms with Gasteiger partial charge in [-0.05, 0) is 71.8 Å². The maximum Gasteiger partial charge on any atom is 0.323 e. The van der Waals surface area contributed by atoms with Gasteiger partial charge in [-0.1, -0.05) is 70.4 Å². The Morgan fingerprint density at radius 2 is 1.52 bits per heavy atom. The predicted octanol–water partition coefficient (Wildman–Crippen LogP) is 8.88. The molecule has 0 radical (unpaired) electrons. The molecule has 5 rings (SSSR count). The molecule has 6 N–H and O–H groups in total. The summed E-state index contributed by atoms with van der Waals surface area (Å²) in [6.45, 7) is 5.94. The van der Waals surface area contributed by atoms with Crippen molar-refractivity contribution >= 4 is 55.6 Å². The Morgan fingerprint density at radius 3 is 2.20 bits per heavy atom. The quantitative estimate of drug-likeness (QED) is 0.0392. The molecular weight excluding hydrogens is 787 g/mol. The van der Waals surface area contributed by atoms with E-state index in [4.69, 9.17) is 25.1 Å². The fraction of sp³-hybridized carbons (Fsp3) is 0.333. The van der Waals surface area contributed by atoms with E-state index in [0.717, 1.165) is 46.7 Å². The molecule has 318 valence electrons. The minimum absolute atomic E-state index is 0.0209. The van der Waals surface area contributed by atoms with Gasteiger partial charge in [-0.2, -0.15) is 0 Å². The highest BCUT2D eigenvalue weighted by atomic mass is 32.2. The number of ketones is 1. The number of carbonyl (C=O) groups is 3. The normalized spacial score (nSPS) is 12.1. The number of nitrogens with zero attached hydrogens (tertiary/aromatic N) is 1. The lowest BCUT2D eigenvalue weighted by molar-refractivity contribution is -0.138. The third-order valence-electron chi connectivity index (χ3n) is 9.79. The van der Waals surface area contributed by atoms with E-state index < -0.39 is 28.1 Å². The first-order chi connectivity index (χ1) is 28.4. The highest BCUT2D eigenvalue weighted by molar-refractivity contribution is 7.92. The fourth-order valence-electron chi connectivity index (χ4n) is 6.69. The van der Waals surface area contributed by atoms with Crippen molar-refractivity contribution in [1.82, 2.24) is 4.98 Å². The van der Waals surface area contributed by atoms with Crippen molar-refractivity contribution in [2.24, 2.45) is 5.73 Å². The third-order valence-corrected chi connectivity index (χ3v) is 10.4. The maximum absolute atomic E-state index is 13.5. The zero-order valence-electron chi connectivity index (χ0n) is 34.8. The lowest BCUT2D eigenvalue weighted by atomic mass is 9.86. The number of carboxylic acid groups (broad SMARTS) is 1. The SMILES string of the molecule is COc1cc(Cc2cc(Oc3ccc(NC(=O)Nc4cc(C(C)(C)C)cc(NS(C)(=O)=O)c4OC)c4ccccc34)ccn2)ccc1C(=O)CCCCCC[C@H](N)C(=O)O. The van der Waals surface area contributed by atoms with Crippen LogP contribution in [0.1, 0.15) is 86.5 Å². The van der Waals surface area contributed by atoms with Gasteiger partial charge in [0, 0.05) is 41.6 Å². The van der Waals surface area contributed by atoms with Crippen LogP contribution in [0.5, 0.6) is 23.0 Å². The number of urea groups is 1. The minimum atomic E-state index is -3.65. The molecule has 14 nitrogen and oxygen atoms in total. The van der Waals surface area contributed by atoms with Crippen LogP contribution < -0.4 is 35.3 Å². The molecule has 0 bridgehead atoms. The van der Waals surface area contributed by atoms with E-state index in [1.807, 2.05) is 63.2 Å². The molecule has 0 saturated carbocycles. The number of fused-ring (bicyclic) bond motifs is 1. The van der Waals surface area contributed by atoms with E-state index in [1.165, 1.54) is 14.2 Å². The number of aromatic nitrogens is 1. The van der Waals surface area contributed by atoms with Crippen LogP contribution in [0.2, 0.25) is 0 Å². The molecule has 0 aliphatic heterocycles. The number of Topliss-reactive ketones (excluding diaryl/α,β-unsaturated/α-hetero) is 1. The van der Waals surface area contributed by atoms with E-state index in [-0.39, 0.29) is 28.3 Å². The van der Waals surface area contributed by atoms with Crippen LogP contribution in [0.25, 0.3) is 10.8 Å². The van der Waals surface area contributed by atoms with Crippen LogP contribution in [0.15, 0.2) is 85.1 Å². The number of rotatable bonds is 19. The molecule has 15 heteroatoms. The Balaban J connectivity index is 1.27. The van der Waals surface area contributed by atoms with Gasteiger partial charge < -0.3 is 35.7 Å². The number of nitrogens with one attached hydrogen (secondary N) is 3. The summed E-state index contributed by atoms with van der Waals surface area (Å²) in [6.07, 6.45) is 6.93. The molecule has 0 unspecified atom stereocenters. The van der Waals surface area contributed by atoms with Crippen molar-refractivity contribution in [3.63, 3.8) is 0 Å². The van der Waals surface area contributed by atoms with Crippen LogP contribution in [0, 0.1) is 0 Å². The van der Waals surface area contributed by atoms with Crippen LogP contribution >= 0.6 is 0 Å². The lowest BCUT2D eigenvalue weighted by Gasteiger charge is -2.24. The monoisotopic (exact) mass is 839 g/mol. The number of sulfonamides is 1. The second kappa shape index (κ2) is 19.7. The molecule has 0 spiro atoms. The molecule has 1 atom stereocenters.